The first-order chi connectivity index (χ1) is 18.2. The molecule has 3 rings (SSSR count). The molecule has 2 amide bonds. The van der Waals surface area contributed by atoms with Crippen molar-refractivity contribution in [3.8, 4) is 0 Å². The van der Waals surface area contributed by atoms with Gasteiger partial charge in [0.05, 0.1) is 10.6 Å². The zero-order chi connectivity index (χ0) is 27.5. The molecule has 0 heterocycles. The maximum Gasteiger partial charge on any atom is 0.264 e. The molecule has 3 aromatic rings. The molecular weight excluding hydrogens is 498 g/mol. The van der Waals surface area contributed by atoms with Crippen LogP contribution in [0.25, 0.3) is 0 Å². The Morgan fingerprint density at radius 2 is 1.58 bits per heavy atom. The molecule has 0 spiro atoms. The van der Waals surface area contributed by atoms with Gasteiger partial charge in [-0.1, -0.05) is 74.0 Å². The molecule has 202 valence electrons. The van der Waals surface area contributed by atoms with E-state index in [4.69, 9.17) is 0 Å². The minimum atomic E-state index is -4.04. The SMILES string of the molecule is CCCCNC(=O)[C@@H](C)N(CCc1ccccc1)C(=O)CN(c1cccc(C)c1)S(=O)(=O)c1ccccc1. The summed E-state index contributed by atoms with van der Waals surface area (Å²) in [4.78, 5) is 28.4. The fourth-order valence-corrected chi connectivity index (χ4v) is 5.56. The molecular formula is C30H37N3O4S. The second-order valence-corrected chi connectivity index (χ2v) is 11.2. The van der Waals surface area contributed by atoms with Crippen molar-refractivity contribution >= 4 is 27.5 Å². The molecule has 0 radical (unpaired) electrons. The summed E-state index contributed by atoms with van der Waals surface area (Å²) in [5.41, 5.74) is 2.29. The van der Waals surface area contributed by atoms with Crippen molar-refractivity contribution < 1.29 is 18.0 Å². The molecule has 3 aromatic carbocycles. The molecule has 0 aromatic heterocycles. The lowest BCUT2D eigenvalue weighted by Gasteiger charge is -2.32. The van der Waals surface area contributed by atoms with E-state index in [-0.39, 0.29) is 17.3 Å². The number of carbonyl (C=O) groups excluding carboxylic acids is 2. The minimum absolute atomic E-state index is 0.0931. The van der Waals surface area contributed by atoms with Gasteiger partial charge in [-0.25, -0.2) is 8.42 Å². The number of benzene rings is 3. The van der Waals surface area contributed by atoms with Crippen LogP contribution in [0.1, 0.15) is 37.8 Å². The number of nitrogens with one attached hydrogen (secondary N) is 1. The van der Waals surface area contributed by atoms with Gasteiger partial charge >= 0.3 is 0 Å². The van der Waals surface area contributed by atoms with Gasteiger partial charge in [0.25, 0.3) is 10.0 Å². The number of carbonyl (C=O) groups is 2. The van der Waals surface area contributed by atoms with Crippen molar-refractivity contribution in [1.29, 1.82) is 0 Å². The first-order valence-corrected chi connectivity index (χ1v) is 14.4. The lowest BCUT2D eigenvalue weighted by molar-refractivity contribution is -0.138. The van der Waals surface area contributed by atoms with Crippen LogP contribution in [0.4, 0.5) is 5.69 Å². The number of aryl methyl sites for hydroxylation is 1. The van der Waals surface area contributed by atoms with Crippen molar-refractivity contribution in [2.75, 3.05) is 23.9 Å². The quantitative estimate of drug-likeness (QED) is 0.325. The predicted octanol–water partition coefficient (Wildman–Crippen LogP) is 4.57. The van der Waals surface area contributed by atoms with Gasteiger partial charge < -0.3 is 10.2 Å². The Labute approximate surface area is 226 Å². The van der Waals surface area contributed by atoms with Crippen LogP contribution in [0.5, 0.6) is 0 Å². The highest BCUT2D eigenvalue weighted by molar-refractivity contribution is 7.92. The number of anilines is 1. The number of hydrogen-bond donors (Lipinski definition) is 1. The standard InChI is InChI=1S/C30H37N3O4S/c1-4-5-20-31-30(35)25(3)32(21-19-26-14-8-6-9-15-26)29(34)23-33(27-16-12-13-24(2)22-27)38(36,37)28-17-10-7-11-18-28/h6-18,22,25H,4-5,19-21,23H2,1-3H3,(H,31,35)/t25-/m1/s1. The third kappa shape index (κ3) is 7.68. The van der Waals surface area contributed by atoms with Crippen LogP contribution in [0.15, 0.2) is 89.8 Å². The minimum Gasteiger partial charge on any atom is -0.354 e. The van der Waals surface area contributed by atoms with E-state index in [1.165, 1.54) is 17.0 Å². The van der Waals surface area contributed by atoms with E-state index < -0.39 is 28.5 Å². The van der Waals surface area contributed by atoms with Crippen LogP contribution in [0, 0.1) is 6.92 Å². The van der Waals surface area contributed by atoms with Gasteiger partial charge in [-0.3, -0.25) is 13.9 Å². The van der Waals surface area contributed by atoms with Crippen molar-refractivity contribution in [3.05, 3.63) is 96.1 Å². The van der Waals surface area contributed by atoms with Crippen LogP contribution in [-0.4, -0.2) is 50.8 Å². The molecule has 1 N–H and O–H groups in total. The van der Waals surface area contributed by atoms with E-state index >= 15 is 0 Å². The molecule has 0 unspecified atom stereocenters. The van der Waals surface area contributed by atoms with Crippen molar-refractivity contribution in [2.24, 2.45) is 0 Å². The summed E-state index contributed by atoms with van der Waals surface area (Å²) in [5, 5.41) is 2.90. The highest BCUT2D eigenvalue weighted by Gasteiger charge is 2.32. The van der Waals surface area contributed by atoms with Gasteiger partial charge in [0.15, 0.2) is 0 Å². The Hall–Kier alpha value is -3.65. The fraction of sp³-hybridized carbons (Fsp3) is 0.333. The third-order valence-electron chi connectivity index (χ3n) is 6.38. The van der Waals surface area contributed by atoms with Crippen LogP contribution >= 0.6 is 0 Å². The highest BCUT2D eigenvalue weighted by Crippen LogP contribution is 2.25. The zero-order valence-corrected chi connectivity index (χ0v) is 23.2. The second-order valence-electron chi connectivity index (χ2n) is 9.31. The third-order valence-corrected chi connectivity index (χ3v) is 8.17. The Morgan fingerprint density at radius 1 is 0.921 bits per heavy atom. The van der Waals surface area contributed by atoms with Crippen molar-refractivity contribution in [3.63, 3.8) is 0 Å². The van der Waals surface area contributed by atoms with Crippen LogP contribution < -0.4 is 9.62 Å². The molecule has 0 saturated heterocycles. The van der Waals surface area contributed by atoms with Crippen molar-refractivity contribution in [2.45, 2.75) is 51.0 Å². The number of nitrogens with zero attached hydrogens (tertiary/aromatic N) is 2. The molecule has 0 saturated carbocycles. The van der Waals surface area contributed by atoms with E-state index in [9.17, 15) is 18.0 Å². The molecule has 0 aliphatic rings. The fourth-order valence-electron chi connectivity index (χ4n) is 4.14. The van der Waals surface area contributed by atoms with Gasteiger partial charge in [0.1, 0.15) is 12.6 Å². The molecule has 8 heteroatoms. The summed E-state index contributed by atoms with van der Waals surface area (Å²) in [5.74, 6) is -0.701. The van der Waals surface area contributed by atoms with Crippen LogP contribution in [0.3, 0.4) is 0 Å². The Kier molecular flexibility index (Phi) is 10.5. The van der Waals surface area contributed by atoms with E-state index in [1.807, 2.05) is 50.2 Å². The predicted molar refractivity (Wildman–Crippen MR) is 151 cm³/mol. The van der Waals surface area contributed by atoms with Gasteiger partial charge in [-0.05, 0) is 62.1 Å². The summed E-state index contributed by atoms with van der Waals surface area (Å²) in [6.07, 6.45) is 2.32. The summed E-state index contributed by atoms with van der Waals surface area (Å²) in [7, 11) is -4.04. The lowest BCUT2D eigenvalue weighted by atomic mass is 10.1. The Bertz CT molecular complexity index is 1300. The summed E-state index contributed by atoms with van der Waals surface area (Å²) >= 11 is 0. The lowest BCUT2D eigenvalue weighted by Crippen LogP contribution is -2.52. The van der Waals surface area contributed by atoms with Gasteiger partial charge in [-0.2, -0.15) is 0 Å². The zero-order valence-electron chi connectivity index (χ0n) is 22.3. The average Bonchev–Trinajstić information content (AvgIpc) is 2.92. The van der Waals surface area contributed by atoms with Gasteiger partial charge in [0, 0.05) is 13.1 Å². The summed E-state index contributed by atoms with van der Waals surface area (Å²) < 4.78 is 28.6. The second kappa shape index (κ2) is 13.8. The molecule has 38 heavy (non-hydrogen) atoms. The van der Waals surface area contributed by atoms with Crippen molar-refractivity contribution in [1.82, 2.24) is 10.2 Å². The Morgan fingerprint density at radius 3 is 2.21 bits per heavy atom. The highest BCUT2D eigenvalue weighted by atomic mass is 32.2. The largest absolute Gasteiger partial charge is 0.354 e. The topological polar surface area (TPSA) is 86.8 Å². The molecule has 0 aliphatic carbocycles. The maximum atomic E-state index is 13.8. The molecule has 0 bridgehead atoms. The number of amides is 2. The average molecular weight is 536 g/mol. The molecule has 1 atom stereocenters. The maximum absolute atomic E-state index is 13.8. The number of hydrogen-bond acceptors (Lipinski definition) is 4. The van der Waals surface area contributed by atoms with E-state index in [0.717, 1.165) is 28.3 Å². The number of rotatable bonds is 13. The monoisotopic (exact) mass is 535 g/mol. The smallest absolute Gasteiger partial charge is 0.264 e. The van der Waals surface area contributed by atoms with Crippen LogP contribution in [-0.2, 0) is 26.0 Å². The normalized spacial score (nSPS) is 12.0. The molecule has 7 nitrogen and oxygen atoms in total. The summed E-state index contributed by atoms with van der Waals surface area (Å²) in [6.45, 7) is 5.97. The van der Waals surface area contributed by atoms with Gasteiger partial charge in [-0.15, -0.1) is 0 Å². The molecule has 0 aliphatic heterocycles. The molecule has 0 fully saturated rings. The first-order valence-electron chi connectivity index (χ1n) is 13.0. The summed E-state index contributed by atoms with van der Waals surface area (Å²) in [6, 6.07) is 24.1. The van der Waals surface area contributed by atoms with E-state index in [0.29, 0.717) is 18.7 Å². The first kappa shape index (κ1) is 28.9. The number of sulfonamides is 1. The van der Waals surface area contributed by atoms with E-state index in [1.54, 1.807) is 43.3 Å². The van der Waals surface area contributed by atoms with E-state index in [2.05, 4.69) is 5.32 Å². The Balaban J connectivity index is 1.93. The van der Waals surface area contributed by atoms with Gasteiger partial charge in [0.2, 0.25) is 11.8 Å². The van der Waals surface area contributed by atoms with Crippen LogP contribution in [0.2, 0.25) is 0 Å². The number of unbranched alkanes of at least 4 members (excludes halogenated alkanes) is 1.